The topological polar surface area (TPSA) is 160 Å². The summed E-state index contributed by atoms with van der Waals surface area (Å²) < 4.78 is 48.2. The number of likely N-dealkylation sites (tertiary alicyclic amines) is 1. The van der Waals surface area contributed by atoms with Crippen LogP contribution in [0.15, 0.2) is 24.3 Å². The zero-order valence-corrected chi connectivity index (χ0v) is 31.9. The van der Waals surface area contributed by atoms with E-state index in [1.807, 2.05) is 6.92 Å². The van der Waals surface area contributed by atoms with Gasteiger partial charge in [-0.1, -0.05) is 72.4 Å². The van der Waals surface area contributed by atoms with Crippen LogP contribution in [0.5, 0.6) is 0 Å². The molecule has 1 aromatic rings. The summed E-state index contributed by atoms with van der Waals surface area (Å²) in [6.07, 6.45) is 0.541. The normalized spacial score (nSPS) is 21.1. The molecule has 0 radical (unpaired) electrons. The maximum absolute atomic E-state index is 14.3. The van der Waals surface area contributed by atoms with E-state index in [4.69, 9.17) is 10.5 Å². The van der Waals surface area contributed by atoms with Gasteiger partial charge in [-0.25, -0.2) is 0 Å². The Bertz CT molecular complexity index is 1360. The third-order valence-corrected chi connectivity index (χ3v) is 10.5. The van der Waals surface area contributed by atoms with E-state index in [2.05, 4.69) is 16.0 Å². The van der Waals surface area contributed by atoms with Crippen molar-refractivity contribution in [2.45, 2.75) is 136 Å². The standard InChI is InChI=1S/C39H60F3N5O6/c1-6-29-21-33(48)47(37(29)51)19-9-7-8-10-32(39(40,41)42)46-34(24(2)3)36(50)45-31(20-26-11-13-27(22-43)14-12-26)35(49)44-30-17-15-28(16-18-30)23-53-38(52)25(4)5/h15-18,24-27,29,31-32,34,46H,6-14,19-23,43H2,1-5H3,(H,44,49)(H,45,50)/t26?,27?,29?,31-,32+,34-/m0/s1. The molecule has 1 unspecified atom stereocenters. The fourth-order valence-electron chi connectivity index (χ4n) is 6.99. The molecule has 2 aliphatic rings. The first kappa shape index (κ1) is 43.9. The minimum absolute atomic E-state index is 0.0813. The number of amides is 4. The molecule has 298 valence electrons. The zero-order valence-electron chi connectivity index (χ0n) is 31.9. The van der Waals surface area contributed by atoms with Gasteiger partial charge in [0, 0.05) is 24.6 Å². The molecular weight excluding hydrogens is 691 g/mol. The quantitative estimate of drug-likeness (QED) is 0.0733. The smallest absolute Gasteiger partial charge is 0.403 e. The Labute approximate surface area is 312 Å². The van der Waals surface area contributed by atoms with Crippen molar-refractivity contribution >= 4 is 35.3 Å². The molecular formula is C39H60F3N5O6. The number of carbonyl (C=O) groups excluding carboxylic acids is 5. The van der Waals surface area contributed by atoms with Crippen LogP contribution in [0.4, 0.5) is 18.9 Å². The fraction of sp³-hybridized carbons (Fsp3) is 0.718. The number of hydrogen-bond acceptors (Lipinski definition) is 8. The molecule has 4 atom stereocenters. The van der Waals surface area contributed by atoms with Crippen LogP contribution in [-0.4, -0.2) is 71.9 Å². The Kier molecular flexibility index (Phi) is 17.2. The molecule has 1 aliphatic heterocycles. The highest BCUT2D eigenvalue weighted by atomic mass is 19.4. The van der Waals surface area contributed by atoms with Crippen molar-refractivity contribution in [1.29, 1.82) is 0 Å². The van der Waals surface area contributed by atoms with Gasteiger partial charge in [0.05, 0.1) is 12.0 Å². The van der Waals surface area contributed by atoms with Crippen LogP contribution in [-0.2, 0) is 35.3 Å². The van der Waals surface area contributed by atoms with E-state index in [9.17, 15) is 37.1 Å². The van der Waals surface area contributed by atoms with Gasteiger partial charge >= 0.3 is 12.1 Å². The van der Waals surface area contributed by atoms with Crippen molar-refractivity contribution in [2.75, 3.05) is 18.4 Å². The van der Waals surface area contributed by atoms with E-state index in [0.29, 0.717) is 43.8 Å². The van der Waals surface area contributed by atoms with Gasteiger partial charge in [-0.2, -0.15) is 13.2 Å². The summed E-state index contributed by atoms with van der Waals surface area (Å²) in [5, 5.41) is 8.20. The first-order valence-electron chi connectivity index (χ1n) is 19.3. The Morgan fingerprint density at radius 1 is 0.943 bits per heavy atom. The molecule has 1 heterocycles. The predicted octanol–water partition coefficient (Wildman–Crippen LogP) is 5.85. The van der Waals surface area contributed by atoms with Crippen LogP contribution in [0.3, 0.4) is 0 Å². The lowest BCUT2D eigenvalue weighted by molar-refractivity contribution is -0.161. The van der Waals surface area contributed by atoms with Crippen LogP contribution in [0.2, 0.25) is 0 Å². The van der Waals surface area contributed by atoms with Crippen molar-refractivity contribution in [3.05, 3.63) is 29.8 Å². The Morgan fingerprint density at radius 2 is 1.58 bits per heavy atom. The first-order chi connectivity index (χ1) is 25.0. The number of alkyl halides is 3. The molecule has 0 spiro atoms. The molecule has 3 rings (SSSR count). The summed E-state index contributed by atoms with van der Waals surface area (Å²) in [5.74, 6) is -2.53. The van der Waals surface area contributed by atoms with Crippen LogP contribution in [0.1, 0.15) is 111 Å². The van der Waals surface area contributed by atoms with Gasteiger partial charge in [0.15, 0.2) is 0 Å². The minimum Gasteiger partial charge on any atom is -0.461 e. The second kappa shape index (κ2) is 20.8. The molecule has 4 amide bonds. The van der Waals surface area contributed by atoms with E-state index in [1.165, 1.54) is 4.90 Å². The van der Waals surface area contributed by atoms with Crippen LogP contribution >= 0.6 is 0 Å². The number of hydrogen-bond donors (Lipinski definition) is 4. The third-order valence-electron chi connectivity index (χ3n) is 10.5. The highest BCUT2D eigenvalue weighted by Crippen LogP contribution is 2.32. The van der Waals surface area contributed by atoms with E-state index in [-0.39, 0.29) is 68.0 Å². The zero-order chi connectivity index (χ0) is 39.3. The minimum atomic E-state index is -4.64. The summed E-state index contributed by atoms with van der Waals surface area (Å²) in [5.41, 5.74) is 7.06. The molecule has 0 aromatic heterocycles. The number of rotatable bonds is 20. The van der Waals surface area contributed by atoms with Crippen molar-refractivity contribution in [3.63, 3.8) is 0 Å². The average Bonchev–Trinajstić information content (AvgIpc) is 3.39. The number of benzene rings is 1. The molecule has 1 aliphatic carbocycles. The summed E-state index contributed by atoms with van der Waals surface area (Å²) in [7, 11) is 0. The average molecular weight is 752 g/mol. The summed E-state index contributed by atoms with van der Waals surface area (Å²) in [6.45, 7) is 9.48. The first-order valence-corrected chi connectivity index (χ1v) is 19.3. The van der Waals surface area contributed by atoms with Crippen molar-refractivity contribution in [3.8, 4) is 0 Å². The predicted molar refractivity (Wildman–Crippen MR) is 196 cm³/mol. The summed E-state index contributed by atoms with van der Waals surface area (Å²) in [6, 6.07) is 2.56. The largest absolute Gasteiger partial charge is 0.461 e. The molecule has 1 saturated heterocycles. The molecule has 0 bridgehead atoms. The van der Waals surface area contributed by atoms with E-state index in [0.717, 1.165) is 31.2 Å². The molecule has 11 nitrogen and oxygen atoms in total. The van der Waals surface area contributed by atoms with Crippen LogP contribution in [0.25, 0.3) is 0 Å². The van der Waals surface area contributed by atoms with Crippen LogP contribution < -0.4 is 21.7 Å². The number of halogens is 3. The van der Waals surface area contributed by atoms with E-state index < -0.39 is 42.0 Å². The Balaban J connectivity index is 1.66. The van der Waals surface area contributed by atoms with E-state index in [1.54, 1.807) is 52.0 Å². The number of esters is 1. The van der Waals surface area contributed by atoms with Gasteiger partial charge < -0.3 is 21.1 Å². The molecule has 1 saturated carbocycles. The highest BCUT2D eigenvalue weighted by Gasteiger charge is 2.42. The van der Waals surface area contributed by atoms with Gasteiger partial charge in [0.2, 0.25) is 23.6 Å². The number of nitrogens with two attached hydrogens (primary N) is 1. The number of carbonyl (C=O) groups is 5. The second-order valence-corrected chi connectivity index (χ2v) is 15.4. The SMILES string of the molecule is CCC1CC(=O)N(CCCCC[C@@H](N[C@H](C(=O)N[C@@H](CC2CCC(CN)CC2)C(=O)Nc2ccc(COC(=O)C(C)C)cc2)C(C)C)C(F)(F)F)C1=O. The van der Waals surface area contributed by atoms with Crippen LogP contribution in [0, 0.1) is 29.6 Å². The second-order valence-electron chi connectivity index (χ2n) is 15.4. The molecule has 5 N–H and O–H groups in total. The van der Waals surface area contributed by atoms with Gasteiger partial charge in [0.1, 0.15) is 18.7 Å². The highest BCUT2D eigenvalue weighted by molar-refractivity contribution is 6.03. The van der Waals surface area contributed by atoms with Gasteiger partial charge in [-0.3, -0.25) is 34.2 Å². The third kappa shape index (κ3) is 13.7. The molecule has 2 fully saturated rings. The molecule has 53 heavy (non-hydrogen) atoms. The number of imide groups is 1. The fourth-order valence-corrected chi connectivity index (χ4v) is 6.99. The van der Waals surface area contributed by atoms with Crippen molar-refractivity contribution < 1.29 is 41.9 Å². The number of nitrogens with zero attached hydrogens (tertiary/aromatic N) is 1. The maximum Gasteiger partial charge on any atom is 0.403 e. The number of unbranched alkanes of at least 4 members (excludes halogenated alkanes) is 2. The van der Waals surface area contributed by atoms with Crippen molar-refractivity contribution in [1.82, 2.24) is 15.5 Å². The maximum atomic E-state index is 14.3. The Morgan fingerprint density at radius 3 is 2.13 bits per heavy atom. The Hall–Kier alpha value is -3.52. The summed E-state index contributed by atoms with van der Waals surface area (Å²) in [4.78, 5) is 65.1. The van der Waals surface area contributed by atoms with Gasteiger partial charge in [0.25, 0.3) is 0 Å². The van der Waals surface area contributed by atoms with E-state index >= 15 is 0 Å². The summed E-state index contributed by atoms with van der Waals surface area (Å²) >= 11 is 0. The molecule has 1 aromatic carbocycles. The van der Waals surface area contributed by atoms with Gasteiger partial charge in [-0.05, 0) is 80.5 Å². The number of anilines is 1. The van der Waals surface area contributed by atoms with Crippen molar-refractivity contribution in [2.24, 2.45) is 35.3 Å². The van der Waals surface area contributed by atoms with Gasteiger partial charge in [-0.15, -0.1) is 0 Å². The molecule has 14 heteroatoms. The number of ether oxygens (including phenoxy) is 1. The monoisotopic (exact) mass is 751 g/mol. The lowest BCUT2D eigenvalue weighted by Crippen LogP contribution is -2.58. The lowest BCUT2D eigenvalue weighted by Gasteiger charge is -2.33. The number of nitrogens with one attached hydrogen (secondary N) is 3. The lowest BCUT2D eigenvalue weighted by atomic mass is 9.79.